The van der Waals surface area contributed by atoms with Crippen LogP contribution >= 0.6 is 0 Å². The fourth-order valence-electron chi connectivity index (χ4n) is 1.50. The Morgan fingerprint density at radius 3 is 2.94 bits per heavy atom. The summed E-state index contributed by atoms with van der Waals surface area (Å²) in [7, 11) is 1.11. The van der Waals surface area contributed by atoms with E-state index in [9.17, 15) is 13.6 Å². The number of carbonyl (C=O) groups excluding carboxylic acids is 1. The van der Waals surface area contributed by atoms with E-state index in [2.05, 4.69) is 4.74 Å². The number of hydrogen-bond donors (Lipinski definition) is 2. The Bertz CT molecular complexity index is 354. The average Bonchev–Trinajstić information content (AvgIpc) is 2.22. The molecule has 90 valence electrons. The lowest BCUT2D eigenvalue weighted by Crippen LogP contribution is -2.40. The van der Waals surface area contributed by atoms with Crippen LogP contribution in [-0.4, -0.2) is 29.9 Å². The predicted molar refractivity (Wildman–Crippen MR) is 53.0 cm³/mol. The lowest BCUT2D eigenvalue weighted by molar-refractivity contribution is -0.143. The molecule has 0 aliphatic heterocycles. The first-order valence-corrected chi connectivity index (χ1v) is 4.67. The Kier molecular flexibility index (Phi) is 3.64. The van der Waals surface area contributed by atoms with Gasteiger partial charge in [-0.3, -0.25) is 4.79 Å². The number of methoxy groups -OCH3 is 1. The molecule has 6 heteroatoms. The minimum atomic E-state index is -2.44. The van der Waals surface area contributed by atoms with Crippen molar-refractivity contribution in [2.24, 2.45) is 5.73 Å². The Morgan fingerprint density at radius 1 is 1.75 bits per heavy atom. The van der Waals surface area contributed by atoms with Crippen molar-refractivity contribution >= 4 is 5.97 Å². The van der Waals surface area contributed by atoms with Gasteiger partial charge in [-0.05, 0) is 12.2 Å². The molecule has 0 spiro atoms. The first-order valence-electron chi connectivity index (χ1n) is 4.67. The Labute approximate surface area is 91.4 Å². The van der Waals surface area contributed by atoms with E-state index in [0.29, 0.717) is 0 Å². The number of nitrogens with two attached hydrogens (primary N) is 1. The Balaban J connectivity index is 2.77. The molecule has 0 bridgehead atoms. The minimum absolute atomic E-state index is 0.291. The number of alkyl halides is 1. The standard InChI is InChI=1S/C10H13F2NO3/c1-16-9(15)7(13)5-10(12)4-6(14)2-3-8(10)11/h2-3,7,14H,4-5,13H2,1H3. The molecule has 1 rings (SSSR count). The molecule has 0 aromatic carbocycles. The van der Waals surface area contributed by atoms with Crippen LogP contribution in [0, 0.1) is 0 Å². The monoisotopic (exact) mass is 233 g/mol. The molecule has 3 N–H and O–H groups in total. The molecule has 2 unspecified atom stereocenters. The van der Waals surface area contributed by atoms with Crippen LogP contribution < -0.4 is 5.73 Å². The van der Waals surface area contributed by atoms with E-state index in [1.54, 1.807) is 0 Å². The summed E-state index contributed by atoms with van der Waals surface area (Å²) in [6.07, 6.45) is 0.791. The van der Waals surface area contributed by atoms with Crippen molar-refractivity contribution in [1.82, 2.24) is 0 Å². The number of aliphatic hydroxyl groups excluding tert-OH is 1. The third-order valence-electron chi connectivity index (χ3n) is 2.36. The second-order valence-electron chi connectivity index (χ2n) is 3.65. The number of halogens is 2. The summed E-state index contributed by atoms with van der Waals surface area (Å²) in [4.78, 5) is 11.0. The quantitative estimate of drug-likeness (QED) is 0.720. The fraction of sp³-hybridized carbons (Fsp3) is 0.500. The summed E-state index contributed by atoms with van der Waals surface area (Å²) in [6.45, 7) is 0. The second-order valence-corrected chi connectivity index (χ2v) is 3.65. The fourth-order valence-corrected chi connectivity index (χ4v) is 1.50. The molecule has 1 aliphatic carbocycles. The summed E-state index contributed by atoms with van der Waals surface area (Å²) in [6, 6.07) is -1.26. The summed E-state index contributed by atoms with van der Waals surface area (Å²) in [5.41, 5.74) is 2.90. The highest BCUT2D eigenvalue weighted by Crippen LogP contribution is 2.37. The second kappa shape index (κ2) is 4.61. The Morgan fingerprint density at radius 2 is 2.38 bits per heavy atom. The molecule has 1 aliphatic rings. The number of rotatable bonds is 3. The molecular weight excluding hydrogens is 220 g/mol. The van der Waals surface area contributed by atoms with Gasteiger partial charge in [0, 0.05) is 12.8 Å². The number of esters is 1. The molecular formula is C10H13F2NO3. The van der Waals surface area contributed by atoms with Gasteiger partial charge in [0.05, 0.1) is 12.9 Å². The lowest BCUT2D eigenvalue weighted by atomic mass is 9.88. The SMILES string of the molecule is COC(=O)C(N)CC1(F)CC(O)=CC=C1F. The van der Waals surface area contributed by atoms with Crippen LogP contribution in [0.5, 0.6) is 0 Å². The van der Waals surface area contributed by atoms with E-state index in [1.807, 2.05) is 0 Å². The zero-order chi connectivity index (χ0) is 12.3. The number of allylic oxidation sites excluding steroid dienone is 4. The van der Waals surface area contributed by atoms with Crippen LogP contribution in [0.1, 0.15) is 12.8 Å². The van der Waals surface area contributed by atoms with Gasteiger partial charge in [-0.15, -0.1) is 0 Å². The molecule has 0 heterocycles. The maximum atomic E-state index is 14.0. The summed E-state index contributed by atoms with van der Waals surface area (Å²) in [5, 5.41) is 9.12. The van der Waals surface area contributed by atoms with Crippen molar-refractivity contribution in [3.8, 4) is 0 Å². The van der Waals surface area contributed by atoms with E-state index in [-0.39, 0.29) is 5.76 Å². The highest BCUT2D eigenvalue weighted by Gasteiger charge is 2.41. The predicted octanol–water partition coefficient (Wildman–Crippen LogP) is 1.28. The van der Waals surface area contributed by atoms with Gasteiger partial charge in [0.15, 0.2) is 5.67 Å². The van der Waals surface area contributed by atoms with Crippen molar-refractivity contribution in [2.45, 2.75) is 24.6 Å². The van der Waals surface area contributed by atoms with Crippen LogP contribution in [-0.2, 0) is 9.53 Å². The maximum absolute atomic E-state index is 14.0. The van der Waals surface area contributed by atoms with Crippen LogP contribution in [0.15, 0.2) is 23.7 Å². The van der Waals surface area contributed by atoms with Crippen LogP contribution in [0.2, 0.25) is 0 Å². The maximum Gasteiger partial charge on any atom is 0.322 e. The molecule has 0 saturated carbocycles. The summed E-state index contributed by atoms with van der Waals surface area (Å²) >= 11 is 0. The average molecular weight is 233 g/mol. The highest BCUT2D eigenvalue weighted by molar-refractivity contribution is 5.75. The highest BCUT2D eigenvalue weighted by atomic mass is 19.2. The van der Waals surface area contributed by atoms with Gasteiger partial charge < -0.3 is 15.6 Å². The normalized spacial score (nSPS) is 26.8. The van der Waals surface area contributed by atoms with Crippen molar-refractivity contribution in [3.05, 3.63) is 23.7 Å². The van der Waals surface area contributed by atoms with Gasteiger partial charge in [0.25, 0.3) is 0 Å². The third-order valence-corrected chi connectivity index (χ3v) is 2.36. The zero-order valence-corrected chi connectivity index (χ0v) is 8.74. The van der Waals surface area contributed by atoms with Gasteiger partial charge in [0.1, 0.15) is 11.9 Å². The zero-order valence-electron chi connectivity index (χ0n) is 8.74. The van der Waals surface area contributed by atoms with Crippen molar-refractivity contribution in [2.75, 3.05) is 7.11 Å². The number of carbonyl (C=O) groups is 1. The largest absolute Gasteiger partial charge is 0.512 e. The Hall–Kier alpha value is -1.43. The first kappa shape index (κ1) is 12.6. The smallest absolute Gasteiger partial charge is 0.322 e. The van der Waals surface area contributed by atoms with E-state index in [4.69, 9.17) is 10.8 Å². The summed E-state index contributed by atoms with van der Waals surface area (Å²) in [5.74, 6) is -2.16. The van der Waals surface area contributed by atoms with E-state index in [1.165, 1.54) is 0 Å². The van der Waals surface area contributed by atoms with Crippen LogP contribution in [0.25, 0.3) is 0 Å². The molecule has 4 nitrogen and oxygen atoms in total. The topological polar surface area (TPSA) is 72.5 Å². The molecule has 2 atom stereocenters. The van der Waals surface area contributed by atoms with Gasteiger partial charge in [0.2, 0.25) is 0 Å². The molecule has 0 amide bonds. The molecule has 0 aromatic heterocycles. The number of aliphatic hydroxyl groups is 1. The van der Waals surface area contributed by atoms with Crippen LogP contribution in [0.4, 0.5) is 8.78 Å². The molecule has 16 heavy (non-hydrogen) atoms. The molecule has 0 radical (unpaired) electrons. The van der Waals surface area contributed by atoms with Gasteiger partial charge in [-0.2, -0.15) is 0 Å². The first-order chi connectivity index (χ1) is 7.39. The summed E-state index contributed by atoms with van der Waals surface area (Å²) < 4.78 is 31.6. The van der Waals surface area contributed by atoms with Crippen LogP contribution in [0.3, 0.4) is 0 Å². The third kappa shape index (κ3) is 2.57. The van der Waals surface area contributed by atoms with E-state index >= 15 is 0 Å². The molecule has 0 fully saturated rings. The lowest BCUT2D eigenvalue weighted by Gasteiger charge is -2.27. The van der Waals surface area contributed by atoms with Gasteiger partial charge >= 0.3 is 5.97 Å². The minimum Gasteiger partial charge on any atom is -0.512 e. The van der Waals surface area contributed by atoms with E-state index in [0.717, 1.165) is 19.3 Å². The number of ether oxygens (including phenoxy) is 1. The van der Waals surface area contributed by atoms with E-state index < -0.39 is 36.3 Å². The van der Waals surface area contributed by atoms with Crippen molar-refractivity contribution < 1.29 is 23.4 Å². The van der Waals surface area contributed by atoms with Crippen molar-refractivity contribution in [3.63, 3.8) is 0 Å². The van der Waals surface area contributed by atoms with Gasteiger partial charge in [-0.25, -0.2) is 8.78 Å². The van der Waals surface area contributed by atoms with Crippen molar-refractivity contribution in [1.29, 1.82) is 0 Å². The number of hydrogen-bond acceptors (Lipinski definition) is 4. The molecule has 0 saturated heterocycles. The molecule has 0 aromatic rings. The van der Waals surface area contributed by atoms with Gasteiger partial charge in [-0.1, -0.05) is 0 Å².